The molecule has 1 aromatic rings. The Morgan fingerprint density at radius 1 is 1.40 bits per heavy atom. The first-order valence-electron chi connectivity index (χ1n) is 5.88. The van der Waals surface area contributed by atoms with Crippen LogP contribution in [0.2, 0.25) is 0 Å². The van der Waals surface area contributed by atoms with E-state index in [0.717, 1.165) is 24.7 Å². The molecule has 0 aromatic carbocycles. The van der Waals surface area contributed by atoms with Crippen LogP contribution in [0.5, 0.6) is 0 Å². The largest absolute Gasteiger partial charge is 0.250 e. The van der Waals surface area contributed by atoms with Crippen LogP contribution >= 0.6 is 11.8 Å². The van der Waals surface area contributed by atoms with E-state index in [0.29, 0.717) is 5.25 Å². The summed E-state index contributed by atoms with van der Waals surface area (Å²) in [6.45, 7) is 3.38. The van der Waals surface area contributed by atoms with E-state index in [1.807, 2.05) is 11.8 Å². The second-order valence-corrected chi connectivity index (χ2v) is 6.02. The summed E-state index contributed by atoms with van der Waals surface area (Å²) in [6, 6.07) is 0. The monoisotopic (exact) mass is 223 g/mol. The predicted octanol–water partition coefficient (Wildman–Crippen LogP) is 2.43. The molecule has 2 aliphatic heterocycles. The summed E-state index contributed by atoms with van der Waals surface area (Å²) in [5.74, 6) is 4.38. The van der Waals surface area contributed by atoms with Crippen LogP contribution in [-0.4, -0.2) is 20.5 Å². The van der Waals surface area contributed by atoms with E-state index >= 15 is 0 Å². The van der Waals surface area contributed by atoms with Crippen LogP contribution in [-0.2, 0) is 13.0 Å². The molecule has 0 radical (unpaired) electrons. The fraction of sp³-hybridized carbons (Fsp3) is 0.818. The molecule has 3 nitrogen and oxygen atoms in total. The minimum absolute atomic E-state index is 0.582. The van der Waals surface area contributed by atoms with Crippen molar-refractivity contribution in [2.24, 2.45) is 5.92 Å². The van der Waals surface area contributed by atoms with Crippen molar-refractivity contribution in [3.8, 4) is 0 Å². The number of thioether (sulfide) groups is 1. The van der Waals surface area contributed by atoms with Crippen molar-refractivity contribution in [1.29, 1.82) is 0 Å². The third-order valence-corrected chi connectivity index (χ3v) is 4.72. The molecule has 3 rings (SSSR count). The van der Waals surface area contributed by atoms with Crippen molar-refractivity contribution in [2.75, 3.05) is 5.75 Å². The highest BCUT2D eigenvalue weighted by Gasteiger charge is 2.25. The van der Waals surface area contributed by atoms with Gasteiger partial charge in [-0.05, 0) is 30.9 Å². The quantitative estimate of drug-likeness (QED) is 0.732. The lowest BCUT2D eigenvalue weighted by atomic mass is 10.0. The summed E-state index contributed by atoms with van der Waals surface area (Å²) in [5, 5.41) is 5.23. The molecule has 1 fully saturated rings. The van der Waals surface area contributed by atoms with E-state index in [1.165, 1.54) is 30.8 Å². The minimum atomic E-state index is 0.582. The Bertz CT molecular complexity index is 355. The van der Waals surface area contributed by atoms with E-state index < -0.39 is 0 Å². The van der Waals surface area contributed by atoms with Gasteiger partial charge in [0.1, 0.15) is 5.82 Å². The highest BCUT2D eigenvalue weighted by atomic mass is 32.2. The first-order valence-corrected chi connectivity index (χ1v) is 6.93. The van der Waals surface area contributed by atoms with Crippen molar-refractivity contribution in [2.45, 2.75) is 44.4 Å². The van der Waals surface area contributed by atoms with Crippen molar-refractivity contribution in [3.63, 3.8) is 0 Å². The Kier molecular flexibility index (Phi) is 2.47. The second-order valence-electron chi connectivity index (χ2n) is 4.71. The van der Waals surface area contributed by atoms with E-state index in [4.69, 9.17) is 4.98 Å². The van der Waals surface area contributed by atoms with E-state index in [-0.39, 0.29) is 0 Å². The molecule has 2 aliphatic rings. The summed E-state index contributed by atoms with van der Waals surface area (Å²) in [6.07, 6.45) is 4.97. The summed E-state index contributed by atoms with van der Waals surface area (Å²) in [5.41, 5.74) is 0. The summed E-state index contributed by atoms with van der Waals surface area (Å²) in [7, 11) is 0. The van der Waals surface area contributed by atoms with Crippen LogP contribution < -0.4 is 0 Å². The topological polar surface area (TPSA) is 30.7 Å². The molecule has 0 bridgehead atoms. The number of nitrogens with zero attached hydrogens (tertiary/aromatic N) is 3. The van der Waals surface area contributed by atoms with Crippen molar-refractivity contribution >= 4 is 11.8 Å². The van der Waals surface area contributed by atoms with Gasteiger partial charge >= 0.3 is 0 Å². The van der Waals surface area contributed by atoms with Gasteiger partial charge < -0.3 is 0 Å². The molecule has 0 saturated carbocycles. The zero-order valence-electron chi connectivity index (χ0n) is 9.15. The van der Waals surface area contributed by atoms with Crippen molar-refractivity contribution in [3.05, 3.63) is 11.6 Å². The normalized spacial score (nSPS) is 30.5. The first kappa shape index (κ1) is 9.70. The molecule has 1 aromatic heterocycles. The fourth-order valence-electron chi connectivity index (χ4n) is 2.40. The molecule has 3 heterocycles. The molecule has 0 amide bonds. The van der Waals surface area contributed by atoms with Crippen LogP contribution in [0.1, 0.15) is 43.1 Å². The van der Waals surface area contributed by atoms with Crippen LogP contribution in [0.15, 0.2) is 0 Å². The van der Waals surface area contributed by atoms with Gasteiger partial charge in [0.05, 0.1) is 5.25 Å². The zero-order chi connectivity index (χ0) is 10.3. The Morgan fingerprint density at radius 2 is 2.33 bits per heavy atom. The molecule has 4 heteroatoms. The first-order chi connectivity index (χ1) is 7.33. The molecular formula is C11H17N3S. The Morgan fingerprint density at radius 3 is 3.13 bits per heavy atom. The van der Waals surface area contributed by atoms with Gasteiger partial charge in [0.15, 0.2) is 5.82 Å². The second kappa shape index (κ2) is 3.81. The molecule has 2 unspecified atom stereocenters. The van der Waals surface area contributed by atoms with Gasteiger partial charge in [-0.2, -0.15) is 16.9 Å². The maximum atomic E-state index is 4.71. The van der Waals surface area contributed by atoms with E-state index in [2.05, 4.69) is 16.7 Å². The lowest BCUT2D eigenvalue weighted by molar-refractivity contribution is 0.385. The third kappa shape index (κ3) is 1.80. The molecule has 82 valence electrons. The molecular weight excluding hydrogens is 206 g/mol. The number of aryl methyl sites for hydroxylation is 1. The summed E-state index contributed by atoms with van der Waals surface area (Å²) in [4.78, 5) is 4.71. The highest BCUT2D eigenvalue weighted by Crippen LogP contribution is 2.38. The molecule has 0 spiro atoms. The van der Waals surface area contributed by atoms with Gasteiger partial charge in [-0.1, -0.05) is 6.92 Å². The average Bonchev–Trinajstić information content (AvgIpc) is 2.84. The van der Waals surface area contributed by atoms with Crippen LogP contribution in [0.3, 0.4) is 0 Å². The standard InChI is InChI=1S/C11H17N3S/c1-8-4-5-14-10(7-8)12-11(13-14)9-3-2-6-15-9/h8-9H,2-7H2,1H3. The van der Waals surface area contributed by atoms with E-state index in [9.17, 15) is 0 Å². The van der Waals surface area contributed by atoms with Crippen LogP contribution in [0.25, 0.3) is 0 Å². The Labute approximate surface area is 94.7 Å². The van der Waals surface area contributed by atoms with Gasteiger partial charge in [0, 0.05) is 13.0 Å². The summed E-state index contributed by atoms with van der Waals surface area (Å²) >= 11 is 2.02. The van der Waals surface area contributed by atoms with Gasteiger partial charge in [-0.3, -0.25) is 0 Å². The number of hydrogen-bond donors (Lipinski definition) is 0. The number of rotatable bonds is 1. The Balaban J connectivity index is 1.85. The van der Waals surface area contributed by atoms with E-state index in [1.54, 1.807) is 0 Å². The van der Waals surface area contributed by atoms with Crippen LogP contribution in [0, 0.1) is 5.92 Å². The molecule has 2 atom stereocenters. The van der Waals surface area contributed by atoms with Crippen molar-refractivity contribution < 1.29 is 0 Å². The number of fused-ring (bicyclic) bond motifs is 1. The zero-order valence-corrected chi connectivity index (χ0v) is 9.96. The lowest BCUT2D eigenvalue weighted by Gasteiger charge is -2.17. The maximum Gasteiger partial charge on any atom is 0.163 e. The summed E-state index contributed by atoms with van der Waals surface area (Å²) < 4.78 is 2.13. The highest BCUT2D eigenvalue weighted by molar-refractivity contribution is 7.99. The Hall–Kier alpha value is -0.510. The lowest BCUT2D eigenvalue weighted by Crippen LogP contribution is -2.18. The van der Waals surface area contributed by atoms with Gasteiger partial charge in [-0.15, -0.1) is 0 Å². The smallest absolute Gasteiger partial charge is 0.163 e. The van der Waals surface area contributed by atoms with Gasteiger partial charge in [0.25, 0.3) is 0 Å². The number of hydrogen-bond acceptors (Lipinski definition) is 3. The number of aromatic nitrogens is 3. The fourth-order valence-corrected chi connectivity index (χ4v) is 3.60. The van der Waals surface area contributed by atoms with Gasteiger partial charge in [0.2, 0.25) is 0 Å². The SMILES string of the molecule is CC1CCn2nc(C3CCCS3)nc2C1. The molecule has 0 aliphatic carbocycles. The third-order valence-electron chi connectivity index (χ3n) is 3.35. The average molecular weight is 223 g/mol. The minimum Gasteiger partial charge on any atom is -0.250 e. The predicted molar refractivity (Wildman–Crippen MR) is 61.9 cm³/mol. The molecule has 0 N–H and O–H groups in total. The van der Waals surface area contributed by atoms with Crippen LogP contribution in [0.4, 0.5) is 0 Å². The molecule has 15 heavy (non-hydrogen) atoms. The maximum absolute atomic E-state index is 4.71. The van der Waals surface area contributed by atoms with Crippen molar-refractivity contribution in [1.82, 2.24) is 14.8 Å². The molecule has 1 saturated heterocycles. The van der Waals surface area contributed by atoms with Gasteiger partial charge in [-0.25, -0.2) is 9.67 Å².